The summed E-state index contributed by atoms with van der Waals surface area (Å²) < 4.78 is 39.3. The van der Waals surface area contributed by atoms with Gasteiger partial charge in [0, 0.05) is 57.8 Å². The predicted molar refractivity (Wildman–Crippen MR) is 123 cm³/mol. The standard InChI is InChI=1S/C22H36N4O5S/c1-4-24-12-5-6-18(24)17-26(13-9-22(27)25-14-10-23-11-15-25)32(28,29)19-7-8-20(30-2)21(16-19)31-3/h7-8,16,18,23H,4-6,9-15,17H2,1-3H3. The molecule has 0 saturated carbocycles. The van der Waals surface area contributed by atoms with E-state index in [9.17, 15) is 13.2 Å². The Balaban J connectivity index is 1.82. The van der Waals surface area contributed by atoms with Gasteiger partial charge in [-0.25, -0.2) is 8.42 Å². The van der Waals surface area contributed by atoms with Crippen LogP contribution in [0.4, 0.5) is 0 Å². The van der Waals surface area contributed by atoms with Crippen LogP contribution in [0.5, 0.6) is 11.5 Å². The lowest BCUT2D eigenvalue weighted by Gasteiger charge is -2.31. The molecular formula is C22H36N4O5S. The molecule has 2 heterocycles. The van der Waals surface area contributed by atoms with Gasteiger partial charge < -0.3 is 19.7 Å². The van der Waals surface area contributed by atoms with Crippen LogP contribution in [-0.2, 0) is 14.8 Å². The second-order valence-corrected chi connectivity index (χ2v) is 10.1. The van der Waals surface area contributed by atoms with Gasteiger partial charge in [0.05, 0.1) is 19.1 Å². The van der Waals surface area contributed by atoms with Crippen LogP contribution in [0.15, 0.2) is 23.1 Å². The Labute approximate surface area is 191 Å². The molecule has 0 radical (unpaired) electrons. The third-order valence-corrected chi connectivity index (χ3v) is 8.22. The van der Waals surface area contributed by atoms with E-state index >= 15 is 0 Å². The third-order valence-electron chi connectivity index (χ3n) is 6.36. The minimum atomic E-state index is -3.82. The first-order valence-electron chi connectivity index (χ1n) is 11.4. The fourth-order valence-corrected chi connectivity index (χ4v) is 5.98. The van der Waals surface area contributed by atoms with Gasteiger partial charge in [0.15, 0.2) is 11.5 Å². The second kappa shape index (κ2) is 11.3. The Morgan fingerprint density at radius 2 is 1.88 bits per heavy atom. The number of likely N-dealkylation sites (N-methyl/N-ethyl adjacent to an activating group) is 1. The van der Waals surface area contributed by atoms with Crippen LogP contribution in [0.2, 0.25) is 0 Å². The van der Waals surface area contributed by atoms with E-state index in [0.29, 0.717) is 31.1 Å². The number of nitrogens with zero attached hydrogens (tertiary/aromatic N) is 3. The predicted octanol–water partition coefficient (Wildman–Crippen LogP) is 1.00. The number of carbonyl (C=O) groups is 1. The molecule has 0 aliphatic carbocycles. The number of piperazine rings is 1. The van der Waals surface area contributed by atoms with Gasteiger partial charge in [0.25, 0.3) is 0 Å². The Bertz CT molecular complexity index is 873. The van der Waals surface area contributed by atoms with Gasteiger partial charge >= 0.3 is 0 Å². The van der Waals surface area contributed by atoms with Gasteiger partial charge in [-0.05, 0) is 38.1 Å². The minimum Gasteiger partial charge on any atom is -0.493 e. The zero-order valence-corrected chi connectivity index (χ0v) is 20.2. The third kappa shape index (κ3) is 5.72. The Hall–Kier alpha value is -1.88. The van der Waals surface area contributed by atoms with E-state index in [0.717, 1.165) is 39.0 Å². The van der Waals surface area contributed by atoms with Crippen molar-refractivity contribution >= 4 is 15.9 Å². The number of sulfonamides is 1. The molecule has 2 aliphatic rings. The highest BCUT2D eigenvalue weighted by Crippen LogP contribution is 2.31. The zero-order chi connectivity index (χ0) is 23.1. The average Bonchev–Trinajstić information content (AvgIpc) is 3.28. The second-order valence-electron chi connectivity index (χ2n) is 8.19. The number of ether oxygens (including phenoxy) is 2. The zero-order valence-electron chi connectivity index (χ0n) is 19.4. The van der Waals surface area contributed by atoms with Crippen molar-refractivity contribution in [3.63, 3.8) is 0 Å². The van der Waals surface area contributed by atoms with Gasteiger partial charge in [-0.1, -0.05) is 6.92 Å². The number of benzene rings is 1. The number of amides is 1. The number of rotatable bonds is 10. The smallest absolute Gasteiger partial charge is 0.243 e. The number of methoxy groups -OCH3 is 2. The van der Waals surface area contributed by atoms with E-state index in [1.165, 1.54) is 30.7 Å². The molecule has 0 spiro atoms. The number of hydrogen-bond acceptors (Lipinski definition) is 7. The van der Waals surface area contributed by atoms with Gasteiger partial charge in [0.1, 0.15) is 0 Å². The maximum Gasteiger partial charge on any atom is 0.243 e. The van der Waals surface area contributed by atoms with E-state index in [4.69, 9.17) is 9.47 Å². The van der Waals surface area contributed by atoms with Gasteiger partial charge in [-0.15, -0.1) is 0 Å². The molecule has 1 aromatic rings. The summed E-state index contributed by atoms with van der Waals surface area (Å²) >= 11 is 0. The molecule has 9 nitrogen and oxygen atoms in total. The summed E-state index contributed by atoms with van der Waals surface area (Å²) in [4.78, 5) is 17.0. The highest BCUT2D eigenvalue weighted by Gasteiger charge is 2.32. The van der Waals surface area contributed by atoms with Crippen LogP contribution in [0, 0.1) is 0 Å². The molecule has 1 aromatic carbocycles. The van der Waals surface area contributed by atoms with Crippen molar-refractivity contribution in [2.75, 3.05) is 66.6 Å². The number of carbonyl (C=O) groups excluding carboxylic acids is 1. The average molecular weight is 469 g/mol. The largest absolute Gasteiger partial charge is 0.493 e. The summed E-state index contributed by atoms with van der Waals surface area (Å²) in [6.45, 7) is 7.35. The quantitative estimate of drug-likeness (QED) is 0.548. The van der Waals surface area contributed by atoms with E-state index in [1.54, 1.807) is 6.07 Å². The number of nitrogens with one attached hydrogen (secondary N) is 1. The van der Waals surface area contributed by atoms with Crippen LogP contribution >= 0.6 is 0 Å². The van der Waals surface area contributed by atoms with Crippen LogP contribution in [0.25, 0.3) is 0 Å². The lowest BCUT2D eigenvalue weighted by atomic mass is 10.2. The summed E-state index contributed by atoms with van der Waals surface area (Å²) in [5.74, 6) is 0.832. The fourth-order valence-electron chi connectivity index (χ4n) is 4.48. The molecule has 10 heteroatoms. The molecule has 2 fully saturated rings. The van der Waals surface area contributed by atoms with E-state index < -0.39 is 10.0 Å². The van der Waals surface area contributed by atoms with Crippen molar-refractivity contribution in [2.24, 2.45) is 0 Å². The maximum atomic E-state index is 13.6. The van der Waals surface area contributed by atoms with Crippen molar-refractivity contribution in [3.05, 3.63) is 18.2 Å². The van der Waals surface area contributed by atoms with E-state index in [1.807, 2.05) is 4.90 Å². The molecule has 0 aromatic heterocycles. The van der Waals surface area contributed by atoms with Crippen molar-refractivity contribution < 1.29 is 22.7 Å². The highest BCUT2D eigenvalue weighted by atomic mass is 32.2. The normalized spacial score (nSPS) is 20.0. The highest BCUT2D eigenvalue weighted by molar-refractivity contribution is 7.89. The van der Waals surface area contributed by atoms with Crippen molar-refractivity contribution in [3.8, 4) is 11.5 Å². The maximum absolute atomic E-state index is 13.6. The first-order chi connectivity index (χ1) is 15.4. The summed E-state index contributed by atoms with van der Waals surface area (Å²) in [5.41, 5.74) is 0. The molecule has 0 bridgehead atoms. The Morgan fingerprint density at radius 1 is 1.16 bits per heavy atom. The SMILES string of the molecule is CCN1CCCC1CN(CCC(=O)N1CCNCC1)S(=O)(=O)c1ccc(OC)c(OC)c1. The van der Waals surface area contributed by atoms with Crippen molar-refractivity contribution in [1.29, 1.82) is 0 Å². The van der Waals surface area contributed by atoms with Crippen molar-refractivity contribution in [1.82, 2.24) is 19.4 Å². The fraction of sp³-hybridized carbons (Fsp3) is 0.682. The lowest BCUT2D eigenvalue weighted by Crippen LogP contribution is -2.48. The molecule has 2 saturated heterocycles. The molecule has 3 rings (SSSR count). The molecule has 1 N–H and O–H groups in total. The van der Waals surface area contributed by atoms with Crippen molar-refractivity contribution in [2.45, 2.75) is 37.1 Å². The number of likely N-dealkylation sites (tertiary alicyclic amines) is 1. The molecular weight excluding hydrogens is 432 g/mol. The van der Waals surface area contributed by atoms with Crippen LogP contribution < -0.4 is 14.8 Å². The summed E-state index contributed by atoms with van der Waals surface area (Å²) in [6, 6.07) is 4.78. The molecule has 1 unspecified atom stereocenters. The summed E-state index contributed by atoms with van der Waals surface area (Å²) in [6.07, 6.45) is 2.19. The summed E-state index contributed by atoms with van der Waals surface area (Å²) in [5, 5.41) is 3.23. The molecule has 32 heavy (non-hydrogen) atoms. The monoisotopic (exact) mass is 468 g/mol. The summed E-state index contributed by atoms with van der Waals surface area (Å²) in [7, 11) is -0.821. The Morgan fingerprint density at radius 3 is 2.53 bits per heavy atom. The van der Waals surface area contributed by atoms with E-state index in [-0.39, 0.29) is 29.8 Å². The van der Waals surface area contributed by atoms with Crippen LogP contribution in [0.3, 0.4) is 0 Å². The van der Waals surface area contributed by atoms with Gasteiger partial charge in [-0.2, -0.15) is 4.31 Å². The first-order valence-corrected chi connectivity index (χ1v) is 12.8. The first kappa shape index (κ1) is 24.8. The van der Waals surface area contributed by atoms with Crippen LogP contribution in [0.1, 0.15) is 26.2 Å². The molecule has 2 aliphatic heterocycles. The molecule has 1 amide bonds. The minimum absolute atomic E-state index is 0.00205. The van der Waals surface area contributed by atoms with E-state index in [2.05, 4.69) is 17.1 Å². The Kier molecular flexibility index (Phi) is 8.75. The van der Waals surface area contributed by atoms with Crippen LogP contribution in [-0.4, -0.2) is 101 Å². The number of hydrogen-bond donors (Lipinski definition) is 1. The molecule has 1 atom stereocenters. The topological polar surface area (TPSA) is 91.4 Å². The molecule has 180 valence electrons. The van der Waals surface area contributed by atoms with Gasteiger partial charge in [-0.3, -0.25) is 9.69 Å². The van der Waals surface area contributed by atoms with Gasteiger partial charge in [0.2, 0.25) is 15.9 Å². The lowest BCUT2D eigenvalue weighted by molar-refractivity contribution is -0.131.